The van der Waals surface area contributed by atoms with Crippen LogP contribution < -0.4 is 5.32 Å². The molecule has 4 aliphatic rings. The van der Waals surface area contributed by atoms with Crippen LogP contribution in [0.15, 0.2) is 11.6 Å². The van der Waals surface area contributed by atoms with Crippen molar-refractivity contribution in [3.8, 4) is 0 Å². The van der Waals surface area contributed by atoms with Gasteiger partial charge in [0.2, 0.25) is 0 Å². The molecule has 4 fully saturated rings. The molecular weight excluding hydrogens is 294 g/mol. The van der Waals surface area contributed by atoms with Gasteiger partial charge in [-0.15, -0.1) is 0 Å². The first kappa shape index (κ1) is 16.8. The predicted molar refractivity (Wildman–Crippen MR) is 98.7 cm³/mol. The van der Waals surface area contributed by atoms with Crippen LogP contribution in [-0.4, -0.2) is 18.9 Å². The normalized spacial score (nSPS) is 52.8. The summed E-state index contributed by atoms with van der Waals surface area (Å²) in [6, 6.07) is 0.733. The van der Waals surface area contributed by atoms with E-state index in [1.54, 1.807) is 0 Å². The number of Topliss-reactive ketones (excluding diaryl/α,β-unsaturated/α-hetero) is 1. The third-order valence-electron chi connectivity index (χ3n) is 9.07. The SMILES string of the molecule is C/C=C1/C(=O)C[C@H]2[C@@H]3CCC4C[C@H](NC)CC[C@]4(C)[C@H]3CC[C@]12C. The molecule has 4 rings (SSSR count). The minimum atomic E-state index is 0.179. The van der Waals surface area contributed by atoms with Crippen molar-refractivity contribution < 1.29 is 4.79 Å². The number of hydrogen-bond acceptors (Lipinski definition) is 2. The highest BCUT2D eigenvalue weighted by molar-refractivity contribution is 5.99. The highest BCUT2D eigenvalue weighted by Crippen LogP contribution is 2.66. The van der Waals surface area contributed by atoms with Crippen molar-refractivity contribution in [2.75, 3.05) is 7.05 Å². The molecule has 4 saturated carbocycles. The first-order valence-corrected chi connectivity index (χ1v) is 10.3. The van der Waals surface area contributed by atoms with Crippen LogP contribution in [0.1, 0.15) is 72.1 Å². The van der Waals surface area contributed by atoms with Crippen molar-refractivity contribution in [3.63, 3.8) is 0 Å². The molecule has 0 aromatic heterocycles. The Kier molecular flexibility index (Phi) is 3.99. The minimum absolute atomic E-state index is 0.179. The van der Waals surface area contributed by atoms with Gasteiger partial charge in [-0.1, -0.05) is 19.9 Å². The van der Waals surface area contributed by atoms with Crippen LogP contribution in [0.4, 0.5) is 0 Å². The lowest BCUT2D eigenvalue weighted by Gasteiger charge is -2.60. The molecule has 0 heterocycles. The van der Waals surface area contributed by atoms with Crippen molar-refractivity contribution in [1.29, 1.82) is 0 Å². The molecule has 0 radical (unpaired) electrons. The molecule has 2 heteroatoms. The summed E-state index contributed by atoms with van der Waals surface area (Å²) in [7, 11) is 2.13. The second-order valence-electron chi connectivity index (χ2n) is 9.70. The van der Waals surface area contributed by atoms with Gasteiger partial charge in [0, 0.05) is 12.5 Å². The van der Waals surface area contributed by atoms with E-state index < -0.39 is 0 Å². The van der Waals surface area contributed by atoms with Crippen LogP contribution in [0.5, 0.6) is 0 Å². The van der Waals surface area contributed by atoms with E-state index in [0.717, 1.165) is 35.8 Å². The molecule has 2 nitrogen and oxygen atoms in total. The number of carbonyl (C=O) groups is 1. The number of hydrogen-bond donors (Lipinski definition) is 1. The zero-order valence-electron chi connectivity index (χ0n) is 16.0. The summed E-state index contributed by atoms with van der Waals surface area (Å²) in [5.74, 6) is 3.62. The smallest absolute Gasteiger partial charge is 0.159 e. The Morgan fingerprint density at radius 1 is 1.08 bits per heavy atom. The minimum Gasteiger partial charge on any atom is -0.317 e. The third kappa shape index (κ3) is 2.14. The molecule has 0 bridgehead atoms. The monoisotopic (exact) mass is 329 g/mol. The van der Waals surface area contributed by atoms with Crippen molar-refractivity contribution in [1.82, 2.24) is 5.32 Å². The summed E-state index contributed by atoms with van der Waals surface area (Å²) >= 11 is 0. The summed E-state index contributed by atoms with van der Waals surface area (Å²) < 4.78 is 0. The largest absolute Gasteiger partial charge is 0.317 e. The van der Waals surface area contributed by atoms with Crippen molar-refractivity contribution in [2.24, 2.45) is 34.5 Å². The quantitative estimate of drug-likeness (QED) is 0.704. The Balaban J connectivity index is 1.63. The number of ketones is 1. The molecule has 0 saturated heterocycles. The van der Waals surface area contributed by atoms with Gasteiger partial charge in [-0.3, -0.25) is 4.79 Å². The molecule has 1 unspecified atom stereocenters. The lowest BCUT2D eigenvalue weighted by atomic mass is 9.45. The van der Waals surface area contributed by atoms with Gasteiger partial charge >= 0.3 is 0 Å². The van der Waals surface area contributed by atoms with E-state index >= 15 is 0 Å². The molecule has 134 valence electrons. The molecule has 1 N–H and O–H groups in total. The molecule has 0 aromatic carbocycles. The van der Waals surface area contributed by atoms with Crippen LogP contribution in [0.2, 0.25) is 0 Å². The van der Waals surface area contributed by atoms with Gasteiger partial charge in [0.05, 0.1) is 0 Å². The average molecular weight is 330 g/mol. The zero-order valence-corrected chi connectivity index (χ0v) is 16.0. The van der Waals surface area contributed by atoms with Gasteiger partial charge in [0.1, 0.15) is 0 Å². The van der Waals surface area contributed by atoms with Gasteiger partial charge < -0.3 is 5.32 Å². The van der Waals surface area contributed by atoms with Crippen molar-refractivity contribution in [3.05, 3.63) is 11.6 Å². The summed E-state index contributed by atoms with van der Waals surface area (Å²) in [5.41, 5.74) is 1.87. The molecule has 7 atom stereocenters. The molecule has 24 heavy (non-hydrogen) atoms. The number of nitrogens with one attached hydrogen (secondary N) is 1. The van der Waals surface area contributed by atoms with Gasteiger partial charge in [0.25, 0.3) is 0 Å². The maximum atomic E-state index is 12.6. The predicted octanol–water partition coefficient (Wildman–Crippen LogP) is 4.74. The van der Waals surface area contributed by atoms with Crippen molar-refractivity contribution >= 4 is 5.78 Å². The first-order valence-electron chi connectivity index (χ1n) is 10.3. The number of carbonyl (C=O) groups excluding carboxylic acids is 1. The fourth-order valence-electron chi connectivity index (χ4n) is 7.67. The van der Waals surface area contributed by atoms with Gasteiger partial charge in [0.15, 0.2) is 5.78 Å². The second kappa shape index (κ2) is 5.69. The number of rotatable bonds is 1. The molecule has 4 aliphatic carbocycles. The maximum Gasteiger partial charge on any atom is 0.159 e. The van der Waals surface area contributed by atoms with E-state index in [1.807, 2.05) is 0 Å². The summed E-state index contributed by atoms with van der Waals surface area (Å²) in [5, 5.41) is 3.54. The highest BCUT2D eigenvalue weighted by Gasteiger charge is 2.60. The van der Waals surface area contributed by atoms with Crippen LogP contribution in [0.25, 0.3) is 0 Å². The average Bonchev–Trinajstić information content (AvgIpc) is 2.83. The lowest BCUT2D eigenvalue weighted by Crippen LogP contribution is -2.54. The summed E-state index contributed by atoms with van der Waals surface area (Å²) in [4.78, 5) is 12.6. The Labute approximate surface area is 147 Å². The number of allylic oxidation sites excluding steroid dienone is 2. The Morgan fingerprint density at radius 3 is 2.58 bits per heavy atom. The Hall–Kier alpha value is -0.630. The van der Waals surface area contributed by atoms with E-state index in [4.69, 9.17) is 0 Å². The van der Waals surface area contributed by atoms with Crippen LogP contribution in [0.3, 0.4) is 0 Å². The van der Waals surface area contributed by atoms with Gasteiger partial charge in [-0.2, -0.15) is 0 Å². The number of fused-ring (bicyclic) bond motifs is 5. The van der Waals surface area contributed by atoms with Crippen LogP contribution in [0, 0.1) is 34.5 Å². The third-order valence-corrected chi connectivity index (χ3v) is 9.07. The van der Waals surface area contributed by atoms with Crippen LogP contribution >= 0.6 is 0 Å². The molecule has 0 amide bonds. The molecular formula is C22H35NO. The highest BCUT2D eigenvalue weighted by atomic mass is 16.1. The Morgan fingerprint density at radius 2 is 1.88 bits per heavy atom. The molecule has 0 aliphatic heterocycles. The molecule has 0 spiro atoms. The van der Waals surface area contributed by atoms with E-state index in [0.29, 0.717) is 17.1 Å². The topological polar surface area (TPSA) is 29.1 Å². The lowest BCUT2D eigenvalue weighted by molar-refractivity contribution is -0.116. The van der Waals surface area contributed by atoms with E-state index in [2.05, 4.69) is 39.2 Å². The zero-order chi connectivity index (χ0) is 17.1. The Bertz CT molecular complexity index is 566. The van der Waals surface area contributed by atoms with Gasteiger partial charge in [-0.05, 0) is 99.0 Å². The van der Waals surface area contributed by atoms with Crippen molar-refractivity contribution in [2.45, 2.75) is 78.2 Å². The second-order valence-corrected chi connectivity index (χ2v) is 9.70. The van der Waals surface area contributed by atoms with E-state index in [9.17, 15) is 4.79 Å². The van der Waals surface area contributed by atoms with E-state index in [-0.39, 0.29) is 5.41 Å². The fourth-order valence-corrected chi connectivity index (χ4v) is 7.67. The summed E-state index contributed by atoms with van der Waals surface area (Å²) in [6.45, 7) is 7.08. The summed E-state index contributed by atoms with van der Waals surface area (Å²) in [6.07, 6.45) is 12.4. The fraction of sp³-hybridized carbons (Fsp3) is 0.864. The van der Waals surface area contributed by atoms with Gasteiger partial charge in [-0.25, -0.2) is 0 Å². The first-order chi connectivity index (χ1) is 11.4. The van der Waals surface area contributed by atoms with Crippen LogP contribution in [-0.2, 0) is 4.79 Å². The maximum absolute atomic E-state index is 12.6. The van der Waals surface area contributed by atoms with E-state index in [1.165, 1.54) is 44.9 Å². The standard InChI is InChI=1S/C22H35NO/c1-5-17-20(24)13-19-16-7-6-14-12-15(23-4)8-10-21(14,2)18(16)9-11-22(17,19)3/h5,14-16,18-19,23H,6-13H2,1-4H3/b17-5-/t14?,15-,16-,18+,19+,21+,22-/m1/s1. The molecule has 0 aromatic rings.